The molecule has 1 N–H and O–H groups in total. The normalized spacial score (nSPS) is 12.7. The highest BCUT2D eigenvalue weighted by atomic mass is 32.2. The van der Waals surface area contributed by atoms with Gasteiger partial charge in [-0.3, -0.25) is 4.21 Å². The van der Waals surface area contributed by atoms with Crippen molar-refractivity contribution in [2.45, 2.75) is 20.4 Å². The smallest absolute Gasteiger partial charge is 0.0357 e. The third-order valence-electron chi connectivity index (χ3n) is 2.18. The van der Waals surface area contributed by atoms with E-state index < -0.39 is 10.8 Å². The van der Waals surface area contributed by atoms with Crippen LogP contribution in [0.3, 0.4) is 0 Å². The minimum atomic E-state index is -0.695. The van der Waals surface area contributed by atoms with E-state index in [0.717, 1.165) is 18.8 Å². The lowest BCUT2D eigenvalue weighted by Gasteiger charge is -2.06. The van der Waals surface area contributed by atoms with Crippen LogP contribution in [0.2, 0.25) is 0 Å². The van der Waals surface area contributed by atoms with Crippen molar-refractivity contribution in [1.29, 1.82) is 0 Å². The van der Waals surface area contributed by atoms with Crippen molar-refractivity contribution in [3.05, 3.63) is 34.9 Å². The van der Waals surface area contributed by atoms with Crippen LogP contribution in [0.1, 0.15) is 16.7 Å². The van der Waals surface area contributed by atoms with Crippen molar-refractivity contribution in [2.24, 2.45) is 0 Å². The fraction of sp³-hybridized carbons (Fsp3) is 0.500. The Morgan fingerprint density at radius 3 is 2.33 bits per heavy atom. The SMILES string of the molecule is Cc1cc(C)cc(CNCC[S@](C)=O)c1. The van der Waals surface area contributed by atoms with Crippen LogP contribution in [-0.4, -0.2) is 22.8 Å². The van der Waals surface area contributed by atoms with Gasteiger partial charge < -0.3 is 5.32 Å². The monoisotopic (exact) mass is 225 g/mol. The maximum absolute atomic E-state index is 10.8. The van der Waals surface area contributed by atoms with Gasteiger partial charge in [-0.25, -0.2) is 0 Å². The van der Waals surface area contributed by atoms with Crippen LogP contribution < -0.4 is 5.32 Å². The summed E-state index contributed by atoms with van der Waals surface area (Å²) < 4.78 is 10.8. The topological polar surface area (TPSA) is 29.1 Å². The second-order valence-electron chi connectivity index (χ2n) is 3.95. The molecule has 0 fully saturated rings. The first-order chi connectivity index (χ1) is 7.08. The zero-order valence-electron chi connectivity index (χ0n) is 9.67. The molecule has 0 heterocycles. The fourth-order valence-electron chi connectivity index (χ4n) is 1.62. The van der Waals surface area contributed by atoms with Crippen molar-refractivity contribution in [1.82, 2.24) is 5.32 Å². The molecule has 1 aromatic rings. The number of benzene rings is 1. The van der Waals surface area contributed by atoms with Crippen molar-refractivity contribution in [2.75, 3.05) is 18.6 Å². The largest absolute Gasteiger partial charge is 0.312 e. The van der Waals surface area contributed by atoms with E-state index in [9.17, 15) is 4.21 Å². The molecule has 0 unspecified atom stereocenters. The van der Waals surface area contributed by atoms with Crippen molar-refractivity contribution < 1.29 is 4.21 Å². The predicted molar refractivity (Wildman–Crippen MR) is 66.6 cm³/mol. The molecule has 0 aliphatic carbocycles. The highest BCUT2D eigenvalue weighted by Gasteiger charge is 1.96. The average Bonchev–Trinajstić information content (AvgIpc) is 2.10. The molecule has 0 saturated heterocycles. The third-order valence-corrected chi connectivity index (χ3v) is 2.96. The molecule has 15 heavy (non-hydrogen) atoms. The maximum Gasteiger partial charge on any atom is 0.0357 e. The van der Waals surface area contributed by atoms with Gasteiger partial charge in [0.2, 0.25) is 0 Å². The summed E-state index contributed by atoms with van der Waals surface area (Å²) in [6, 6.07) is 6.54. The zero-order valence-corrected chi connectivity index (χ0v) is 10.5. The Kier molecular flexibility index (Phi) is 4.99. The molecule has 0 amide bonds. The highest BCUT2D eigenvalue weighted by molar-refractivity contribution is 7.84. The minimum absolute atomic E-state index is 0.695. The van der Waals surface area contributed by atoms with Crippen LogP contribution in [0.25, 0.3) is 0 Å². The molecule has 2 nitrogen and oxygen atoms in total. The summed E-state index contributed by atoms with van der Waals surface area (Å²) in [7, 11) is -0.695. The van der Waals surface area contributed by atoms with Crippen molar-refractivity contribution in [3.8, 4) is 0 Å². The standard InChI is InChI=1S/C12H19NOS/c1-10-6-11(2)8-12(7-10)9-13-4-5-15(3)14/h6-8,13H,4-5,9H2,1-3H3/t15-/m0/s1. The lowest BCUT2D eigenvalue weighted by molar-refractivity contribution is 0.676. The molecule has 1 atom stereocenters. The molecular weight excluding hydrogens is 206 g/mol. The number of hydrogen-bond donors (Lipinski definition) is 1. The molecule has 0 aliphatic rings. The van der Waals surface area contributed by atoms with Crippen LogP contribution in [0, 0.1) is 13.8 Å². The summed E-state index contributed by atoms with van der Waals surface area (Å²) >= 11 is 0. The Labute approximate surface area is 94.5 Å². The molecule has 0 saturated carbocycles. The first-order valence-corrected chi connectivity index (χ1v) is 6.88. The van der Waals surface area contributed by atoms with E-state index in [-0.39, 0.29) is 0 Å². The van der Waals surface area contributed by atoms with E-state index in [4.69, 9.17) is 0 Å². The van der Waals surface area contributed by atoms with Crippen LogP contribution in [0.5, 0.6) is 0 Å². The second-order valence-corrected chi connectivity index (χ2v) is 5.50. The molecule has 84 valence electrons. The van der Waals surface area contributed by atoms with Crippen LogP contribution in [0.15, 0.2) is 18.2 Å². The van der Waals surface area contributed by atoms with Gasteiger partial charge >= 0.3 is 0 Å². The fourth-order valence-corrected chi connectivity index (χ4v) is 2.05. The summed E-state index contributed by atoms with van der Waals surface area (Å²) in [5.41, 5.74) is 3.89. The summed E-state index contributed by atoms with van der Waals surface area (Å²) in [6.45, 7) is 5.89. The number of rotatable bonds is 5. The van der Waals surface area contributed by atoms with E-state index in [2.05, 4.69) is 37.4 Å². The molecule has 0 aromatic heterocycles. The maximum atomic E-state index is 10.8. The number of nitrogens with one attached hydrogen (secondary N) is 1. The molecule has 1 rings (SSSR count). The van der Waals surface area contributed by atoms with E-state index in [0.29, 0.717) is 0 Å². The second kappa shape index (κ2) is 6.03. The van der Waals surface area contributed by atoms with Crippen LogP contribution in [0.4, 0.5) is 0 Å². The Morgan fingerprint density at radius 2 is 1.80 bits per heavy atom. The summed E-state index contributed by atoms with van der Waals surface area (Å²) in [6.07, 6.45) is 1.73. The van der Waals surface area contributed by atoms with Crippen LogP contribution >= 0.6 is 0 Å². The zero-order chi connectivity index (χ0) is 11.3. The molecule has 0 radical (unpaired) electrons. The van der Waals surface area contributed by atoms with E-state index in [1.165, 1.54) is 16.7 Å². The van der Waals surface area contributed by atoms with Gasteiger partial charge in [0.05, 0.1) is 0 Å². The highest BCUT2D eigenvalue weighted by Crippen LogP contribution is 2.08. The Balaban J connectivity index is 2.40. The molecule has 0 spiro atoms. The summed E-state index contributed by atoms with van der Waals surface area (Å²) in [5, 5.41) is 3.29. The van der Waals surface area contributed by atoms with Gasteiger partial charge in [-0.2, -0.15) is 0 Å². The third kappa shape index (κ3) is 5.09. The van der Waals surface area contributed by atoms with Gasteiger partial charge in [-0.15, -0.1) is 0 Å². The van der Waals surface area contributed by atoms with Gasteiger partial charge in [0.15, 0.2) is 0 Å². The van der Waals surface area contributed by atoms with Gasteiger partial charge in [0.25, 0.3) is 0 Å². The molecule has 0 bridgehead atoms. The summed E-state index contributed by atoms with van der Waals surface area (Å²) in [4.78, 5) is 0. The van der Waals surface area contributed by atoms with Gasteiger partial charge in [0.1, 0.15) is 0 Å². The Bertz CT molecular complexity index is 329. The molecular formula is C12H19NOS. The predicted octanol–water partition coefficient (Wildman–Crippen LogP) is 1.77. The lowest BCUT2D eigenvalue weighted by atomic mass is 10.1. The average molecular weight is 225 g/mol. The number of hydrogen-bond acceptors (Lipinski definition) is 2. The van der Waals surface area contributed by atoms with E-state index in [1.54, 1.807) is 6.26 Å². The van der Waals surface area contributed by atoms with E-state index >= 15 is 0 Å². The number of aryl methyl sites for hydroxylation is 2. The van der Waals surface area contributed by atoms with Crippen LogP contribution in [-0.2, 0) is 17.3 Å². The Hall–Kier alpha value is -0.670. The Morgan fingerprint density at radius 1 is 1.20 bits per heavy atom. The molecule has 1 aromatic carbocycles. The summed E-state index contributed by atoms with van der Waals surface area (Å²) in [5.74, 6) is 0.727. The quantitative estimate of drug-likeness (QED) is 0.774. The van der Waals surface area contributed by atoms with Gasteiger partial charge in [-0.1, -0.05) is 29.3 Å². The van der Waals surface area contributed by atoms with E-state index in [1.807, 2.05) is 0 Å². The molecule has 3 heteroatoms. The first-order valence-electron chi connectivity index (χ1n) is 5.16. The molecule has 0 aliphatic heterocycles. The first kappa shape index (κ1) is 12.4. The lowest BCUT2D eigenvalue weighted by Crippen LogP contribution is -2.19. The van der Waals surface area contributed by atoms with Crippen molar-refractivity contribution in [3.63, 3.8) is 0 Å². The van der Waals surface area contributed by atoms with Gasteiger partial charge in [-0.05, 0) is 19.4 Å². The van der Waals surface area contributed by atoms with Gasteiger partial charge in [0, 0.05) is 35.9 Å². The van der Waals surface area contributed by atoms with Crippen molar-refractivity contribution >= 4 is 10.8 Å². The minimum Gasteiger partial charge on any atom is -0.312 e.